The summed E-state index contributed by atoms with van der Waals surface area (Å²) in [6.07, 6.45) is 0. The van der Waals surface area contributed by atoms with Crippen LogP contribution < -0.4 is 0 Å². The van der Waals surface area contributed by atoms with Crippen molar-refractivity contribution < 1.29 is 0 Å². The summed E-state index contributed by atoms with van der Waals surface area (Å²) in [6.45, 7) is 0. The Kier molecular flexibility index (Phi) is 6.61. The maximum absolute atomic E-state index is 10.8. The smallest absolute Gasteiger partial charge is 0.0998 e. The number of hydrogen-bond acceptors (Lipinski definition) is 2. The lowest BCUT2D eigenvalue weighted by Gasteiger charge is -2.17. The normalized spacial score (nSPS) is 11.6. The number of nitriles is 2. The average molecular weight is 700 g/mol. The zero-order valence-electron chi connectivity index (χ0n) is 29.5. The molecule has 5 heteroatoms. The van der Waals surface area contributed by atoms with Crippen molar-refractivity contribution in [1.29, 1.82) is 10.5 Å². The minimum absolute atomic E-state index is 0.569. The van der Waals surface area contributed by atoms with Gasteiger partial charge in [0.2, 0.25) is 0 Å². The Labute approximate surface area is 316 Å². The Morgan fingerprint density at radius 1 is 0.327 bits per heavy atom. The molecule has 0 atom stereocenters. The molecule has 0 aliphatic heterocycles. The van der Waals surface area contributed by atoms with Gasteiger partial charge in [-0.05, 0) is 66.7 Å². The highest BCUT2D eigenvalue weighted by Gasteiger charge is 2.21. The standard InChI is InChI=1S/C50H29N5/c51-30-32-12-11-23-48-50(32)42-17-5-10-22-47(42)54(48)34-24-26-36(33(28-34)31-52)37-13-1-8-20-45(37)55-46-21-9-4-16-40(46)41-27-25-35(29-49(41)55)53-43-18-6-2-14-38(43)39-15-3-7-19-44(39)53/h1-29H. The molecule has 5 nitrogen and oxygen atoms in total. The molecule has 11 rings (SSSR count). The van der Waals surface area contributed by atoms with E-state index >= 15 is 0 Å². The lowest BCUT2D eigenvalue weighted by atomic mass is 9.97. The van der Waals surface area contributed by atoms with Crippen molar-refractivity contribution in [3.8, 4) is 40.3 Å². The highest BCUT2D eigenvalue weighted by Crippen LogP contribution is 2.41. The molecule has 0 fully saturated rings. The van der Waals surface area contributed by atoms with Crippen LogP contribution in [0.3, 0.4) is 0 Å². The van der Waals surface area contributed by atoms with E-state index in [1.165, 1.54) is 16.2 Å². The van der Waals surface area contributed by atoms with Gasteiger partial charge in [0.1, 0.15) is 0 Å². The lowest BCUT2D eigenvalue weighted by molar-refractivity contribution is 1.15. The molecule has 0 N–H and O–H groups in total. The second kappa shape index (κ2) is 11.8. The third-order valence-corrected chi connectivity index (χ3v) is 11.1. The average Bonchev–Trinajstić information content (AvgIpc) is 3.89. The van der Waals surface area contributed by atoms with Crippen molar-refractivity contribution in [3.63, 3.8) is 0 Å². The Balaban J connectivity index is 1.14. The first kappa shape index (κ1) is 30.7. The first-order valence-electron chi connectivity index (χ1n) is 18.3. The molecule has 0 radical (unpaired) electrons. The van der Waals surface area contributed by atoms with Crippen LogP contribution >= 0.6 is 0 Å². The molecule has 55 heavy (non-hydrogen) atoms. The molecule has 0 amide bonds. The maximum Gasteiger partial charge on any atom is 0.0998 e. The Morgan fingerprint density at radius 3 is 1.49 bits per heavy atom. The fourth-order valence-corrected chi connectivity index (χ4v) is 8.84. The molecule has 3 heterocycles. The lowest BCUT2D eigenvalue weighted by Crippen LogP contribution is -2.00. The van der Waals surface area contributed by atoms with Crippen LogP contribution in [0.15, 0.2) is 176 Å². The van der Waals surface area contributed by atoms with E-state index in [0.717, 1.165) is 77.4 Å². The van der Waals surface area contributed by atoms with E-state index in [1.54, 1.807) is 0 Å². The Bertz CT molecular complexity index is 3420. The topological polar surface area (TPSA) is 62.4 Å². The Hall–Kier alpha value is -7.86. The van der Waals surface area contributed by atoms with Gasteiger partial charge < -0.3 is 13.7 Å². The monoisotopic (exact) mass is 699 g/mol. The zero-order valence-corrected chi connectivity index (χ0v) is 29.5. The van der Waals surface area contributed by atoms with Crippen LogP contribution in [0.4, 0.5) is 0 Å². The van der Waals surface area contributed by atoms with Crippen LogP contribution in [0, 0.1) is 22.7 Å². The molecule has 0 unspecified atom stereocenters. The van der Waals surface area contributed by atoms with E-state index < -0.39 is 0 Å². The summed E-state index contributed by atoms with van der Waals surface area (Å²) in [6, 6.07) is 65.9. The SMILES string of the molecule is N#Cc1cc(-n2c3ccccc3c3c(C#N)cccc32)ccc1-c1ccccc1-n1c2ccccc2c2ccc(-n3c4ccccc4c4ccccc43)cc21. The van der Waals surface area contributed by atoms with E-state index in [-0.39, 0.29) is 0 Å². The third-order valence-electron chi connectivity index (χ3n) is 11.1. The van der Waals surface area contributed by atoms with Gasteiger partial charge in [0.15, 0.2) is 0 Å². The summed E-state index contributed by atoms with van der Waals surface area (Å²) in [7, 11) is 0. The molecular formula is C50H29N5. The van der Waals surface area contributed by atoms with Crippen molar-refractivity contribution in [1.82, 2.24) is 13.7 Å². The molecule has 0 saturated carbocycles. The number of para-hydroxylation sites is 5. The van der Waals surface area contributed by atoms with Gasteiger partial charge in [-0.15, -0.1) is 0 Å². The van der Waals surface area contributed by atoms with E-state index in [9.17, 15) is 10.5 Å². The van der Waals surface area contributed by atoms with Gasteiger partial charge in [-0.1, -0.05) is 109 Å². The molecule has 0 spiro atoms. The number of aromatic nitrogens is 3. The number of nitrogens with zero attached hydrogens (tertiary/aromatic N) is 5. The summed E-state index contributed by atoms with van der Waals surface area (Å²) < 4.78 is 6.87. The van der Waals surface area contributed by atoms with Crippen LogP contribution in [-0.4, -0.2) is 13.7 Å². The minimum Gasteiger partial charge on any atom is -0.309 e. The number of fused-ring (bicyclic) bond motifs is 9. The van der Waals surface area contributed by atoms with Crippen molar-refractivity contribution in [2.45, 2.75) is 0 Å². The van der Waals surface area contributed by atoms with Gasteiger partial charge in [0.25, 0.3) is 0 Å². The van der Waals surface area contributed by atoms with Crippen molar-refractivity contribution in [2.24, 2.45) is 0 Å². The fourth-order valence-electron chi connectivity index (χ4n) is 8.84. The van der Waals surface area contributed by atoms with E-state index in [2.05, 4.69) is 159 Å². The van der Waals surface area contributed by atoms with Gasteiger partial charge in [-0.25, -0.2) is 0 Å². The summed E-state index contributed by atoms with van der Waals surface area (Å²) in [5.41, 5.74) is 12.4. The molecule has 0 aliphatic carbocycles. The number of hydrogen-bond donors (Lipinski definition) is 0. The summed E-state index contributed by atoms with van der Waals surface area (Å²) in [5.74, 6) is 0. The quantitative estimate of drug-likeness (QED) is 0.184. The van der Waals surface area contributed by atoms with Gasteiger partial charge in [0.05, 0.1) is 62.1 Å². The fraction of sp³-hybridized carbons (Fsp3) is 0. The third kappa shape index (κ3) is 4.39. The highest BCUT2D eigenvalue weighted by molar-refractivity contribution is 6.13. The molecule has 3 aromatic heterocycles. The van der Waals surface area contributed by atoms with Crippen molar-refractivity contribution in [3.05, 3.63) is 187 Å². The van der Waals surface area contributed by atoms with E-state index in [1.807, 2.05) is 42.5 Å². The minimum atomic E-state index is 0.569. The van der Waals surface area contributed by atoms with Crippen LogP contribution in [0.5, 0.6) is 0 Å². The van der Waals surface area contributed by atoms with Crippen LogP contribution in [-0.2, 0) is 0 Å². The van der Waals surface area contributed by atoms with Crippen molar-refractivity contribution >= 4 is 65.4 Å². The van der Waals surface area contributed by atoms with Crippen LogP contribution in [0.25, 0.3) is 93.6 Å². The van der Waals surface area contributed by atoms with Gasteiger partial charge in [0, 0.05) is 54.8 Å². The van der Waals surface area contributed by atoms with Gasteiger partial charge in [-0.2, -0.15) is 10.5 Å². The predicted molar refractivity (Wildman–Crippen MR) is 224 cm³/mol. The molecule has 0 saturated heterocycles. The van der Waals surface area contributed by atoms with Crippen LogP contribution in [0.2, 0.25) is 0 Å². The van der Waals surface area contributed by atoms with Gasteiger partial charge in [-0.3, -0.25) is 0 Å². The highest BCUT2D eigenvalue weighted by atomic mass is 15.0. The molecule has 11 aromatic rings. The summed E-state index contributed by atoms with van der Waals surface area (Å²) in [4.78, 5) is 0. The molecule has 0 bridgehead atoms. The number of benzene rings is 8. The maximum atomic E-state index is 10.8. The molecule has 8 aromatic carbocycles. The molecule has 254 valence electrons. The second-order valence-corrected chi connectivity index (χ2v) is 13.9. The predicted octanol–water partition coefficient (Wildman–Crippen LogP) is 12.4. The summed E-state index contributed by atoms with van der Waals surface area (Å²) >= 11 is 0. The zero-order chi connectivity index (χ0) is 36.6. The number of rotatable bonds is 4. The van der Waals surface area contributed by atoms with Crippen molar-refractivity contribution in [2.75, 3.05) is 0 Å². The summed E-state index contributed by atoms with van der Waals surface area (Å²) in [5, 5.41) is 27.5. The van der Waals surface area contributed by atoms with E-state index in [4.69, 9.17) is 0 Å². The largest absolute Gasteiger partial charge is 0.309 e. The molecular weight excluding hydrogens is 671 g/mol. The van der Waals surface area contributed by atoms with Gasteiger partial charge >= 0.3 is 0 Å². The first-order chi connectivity index (χ1) is 27.2. The molecule has 0 aliphatic rings. The first-order valence-corrected chi connectivity index (χ1v) is 18.3. The van der Waals surface area contributed by atoms with E-state index in [0.29, 0.717) is 11.1 Å². The van der Waals surface area contributed by atoms with Crippen LogP contribution in [0.1, 0.15) is 11.1 Å². The Morgan fingerprint density at radius 2 is 0.818 bits per heavy atom. The second-order valence-electron chi connectivity index (χ2n) is 13.9.